The number of aromatic nitrogens is 1. The van der Waals surface area contributed by atoms with Gasteiger partial charge in [0, 0.05) is 25.2 Å². The molecule has 1 aromatic heterocycles. The summed E-state index contributed by atoms with van der Waals surface area (Å²) in [5, 5.41) is 0. The molecule has 0 aliphatic carbocycles. The third kappa shape index (κ3) is 3.58. The predicted molar refractivity (Wildman–Crippen MR) is 114 cm³/mol. The number of rotatable bonds is 4. The van der Waals surface area contributed by atoms with Crippen LogP contribution in [0.4, 0.5) is 5.69 Å². The van der Waals surface area contributed by atoms with Crippen LogP contribution >= 0.6 is 0 Å². The van der Waals surface area contributed by atoms with E-state index in [1.54, 1.807) is 0 Å². The molecule has 0 bridgehead atoms. The summed E-state index contributed by atoms with van der Waals surface area (Å²) in [5.74, 6) is 0.896. The maximum Gasteiger partial charge on any atom is 0.227 e. The Hall–Kier alpha value is -3.15. The SMILES string of the molecule is O=C1CCCN1c1ccc(CC(=O)N2CCCCC2c2nc3ccccc3o2)cc1. The van der Waals surface area contributed by atoms with Crippen molar-refractivity contribution in [3.63, 3.8) is 0 Å². The number of anilines is 1. The molecule has 30 heavy (non-hydrogen) atoms. The van der Waals surface area contributed by atoms with Gasteiger partial charge in [-0.15, -0.1) is 0 Å². The lowest BCUT2D eigenvalue weighted by Crippen LogP contribution is -2.39. The highest BCUT2D eigenvalue weighted by molar-refractivity contribution is 5.95. The third-order valence-electron chi connectivity index (χ3n) is 6.10. The first-order valence-corrected chi connectivity index (χ1v) is 10.7. The van der Waals surface area contributed by atoms with E-state index in [0.717, 1.165) is 61.1 Å². The Kier molecular flexibility index (Phi) is 4.99. The zero-order valence-electron chi connectivity index (χ0n) is 16.9. The molecular formula is C24H25N3O3. The Balaban J connectivity index is 1.32. The minimum absolute atomic E-state index is 0.0898. The van der Waals surface area contributed by atoms with Crippen LogP contribution in [0.1, 0.15) is 49.6 Å². The summed E-state index contributed by atoms with van der Waals surface area (Å²) in [5.41, 5.74) is 3.46. The molecule has 2 amide bonds. The average Bonchev–Trinajstić information content (AvgIpc) is 3.40. The van der Waals surface area contributed by atoms with Gasteiger partial charge >= 0.3 is 0 Å². The number of amides is 2. The smallest absolute Gasteiger partial charge is 0.227 e. The number of oxazole rings is 1. The number of carbonyl (C=O) groups excluding carboxylic acids is 2. The highest BCUT2D eigenvalue weighted by Crippen LogP contribution is 2.33. The van der Waals surface area contributed by atoms with E-state index in [1.165, 1.54) is 0 Å². The molecule has 0 spiro atoms. The number of fused-ring (bicyclic) bond motifs is 1. The molecule has 3 aromatic rings. The molecule has 6 nitrogen and oxygen atoms in total. The summed E-state index contributed by atoms with van der Waals surface area (Å²) in [7, 11) is 0. The summed E-state index contributed by atoms with van der Waals surface area (Å²) in [6, 6.07) is 15.4. The molecule has 3 heterocycles. The van der Waals surface area contributed by atoms with E-state index in [1.807, 2.05) is 58.3 Å². The number of para-hydroxylation sites is 2. The first-order valence-electron chi connectivity index (χ1n) is 10.7. The van der Waals surface area contributed by atoms with Crippen LogP contribution in [-0.2, 0) is 16.0 Å². The molecule has 0 radical (unpaired) electrons. The van der Waals surface area contributed by atoms with Gasteiger partial charge in [-0.3, -0.25) is 9.59 Å². The summed E-state index contributed by atoms with van der Waals surface area (Å²) in [6.45, 7) is 1.50. The van der Waals surface area contributed by atoms with E-state index >= 15 is 0 Å². The first kappa shape index (κ1) is 18.9. The van der Waals surface area contributed by atoms with E-state index < -0.39 is 0 Å². The third-order valence-corrected chi connectivity index (χ3v) is 6.10. The van der Waals surface area contributed by atoms with Crippen molar-refractivity contribution in [1.29, 1.82) is 0 Å². The van der Waals surface area contributed by atoms with Gasteiger partial charge in [-0.05, 0) is 55.5 Å². The van der Waals surface area contributed by atoms with Crippen LogP contribution in [-0.4, -0.2) is 34.8 Å². The van der Waals surface area contributed by atoms with Gasteiger partial charge in [0.25, 0.3) is 0 Å². The molecule has 2 saturated heterocycles. The molecule has 0 saturated carbocycles. The molecule has 154 valence electrons. The van der Waals surface area contributed by atoms with Crippen molar-refractivity contribution in [3.8, 4) is 0 Å². The minimum atomic E-state index is -0.111. The monoisotopic (exact) mass is 403 g/mol. The highest BCUT2D eigenvalue weighted by atomic mass is 16.3. The molecule has 2 fully saturated rings. The number of piperidine rings is 1. The van der Waals surface area contributed by atoms with E-state index in [4.69, 9.17) is 4.42 Å². The van der Waals surface area contributed by atoms with E-state index in [2.05, 4.69) is 4.98 Å². The van der Waals surface area contributed by atoms with Crippen molar-refractivity contribution in [2.24, 2.45) is 0 Å². The van der Waals surface area contributed by atoms with Crippen molar-refractivity contribution >= 4 is 28.6 Å². The maximum absolute atomic E-state index is 13.2. The van der Waals surface area contributed by atoms with Crippen molar-refractivity contribution in [2.75, 3.05) is 18.0 Å². The Bertz CT molecular complexity index is 1040. The lowest BCUT2D eigenvalue weighted by Gasteiger charge is -2.34. The van der Waals surface area contributed by atoms with E-state index in [9.17, 15) is 9.59 Å². The Labute approximate surface area is 175 Å². The van der Waals surface area contributed by atoms with Crippen LogP contribution in [0, 0.1) is 0 Å². The fourth-order valence-electron chi connectivity index (χ4n) is 4.51. The van der Waals surface area contributed by atoms with Gasteiger partial charge in [-0.2, -0.15) is 0 Å². The van der Waals surface area contributed by atoms with Crippen LogP contribution in [0.5, 0.6) is 0 Å². The van der Waals surface area contributed by atoms with Crippen LogP contribution in [0.3, 0.4) is 0 Å². The number of nitrogens with zero attached hydrogens (tertiary/aromatic N) is 3. The van der Waals surface area contributed by atoms with Crippen LogP contribution in [0.2, 0.25) is 0 Å². The number of benzene rings is 2. The van der Waals surface area contributed by atoms with Gasteiger partial charge in [-0.25, -0.2) is 4.98 Å². The topological polar surface area (TPSA) is 66.7 Å². The summed E-state index contributed by atoms with van der Waals surface area (Å²) >= 11 is 0. The molecule has 6 heteroatoms. The van der Waals surface area contributed by atoms with Gasteiger partial charge in [0.2, 0.25) is 17.7 Å². The lowest BCUT2D eigenvalue weighted by molar-refractivity contribution is -0.134. The van der Waals surface area contributed by atoms with Crippen LogP contribution < -0.4 is 4.90 Å². The van der Waals surface area contributed by atoms with Crippen molar-refractivity contribution in [3.05, 3.63) is 60.0 Å². The quantitative estimate of drug-likeness (QED) is 0.653. The molecule has 1 unspecified atom stereocenters. The second-order valence-electron chi connectivity index (χ2n) is 8.11. The number of carbonyl (C=O) groups is 2. The zero-order valence-corrected chi connectivity index (χ0v) is 16.9. The number of hydrogen-bond acceptors (Lipinski definition) is 4. The fourth-order valence-corrected chi connectivity index (χ4v) is 4.51. The first-order chi connectivity index (χ1) is 14.7. The normalized spacial score (nSPS) is 19.6. The summed E-state index contributed by atoms with van der Waals surface area (Å²) in [4.78, 5) is 33.5. The highest BCUT2D eigenvalue weighted by Gasteiger charge is 2.31. The molecule has 0 N–H and O–H groups in total. The fraction of sp³-hybridized carbons (Fsp3) is 0.375. The van der Waals surface area contributed by atoms with Crippen molar-refractivity contribution in [2.45, 2.75) is 44.6 Å². The Morgan fingerprint density at radius 3 is 2.63 bits per heavy atom. The molecular weight excluding hydrogens is 378 g/mol. The van der Waals surface area contributed by atoms with Crippen molar-refractivity contribution in [1.82, 2.24) is 9.88 Å². The number of likely N-dealkylation sites (tertiary alicyclic amines) is 1. The summed E-state index contributed by atoms with van der Waals surface area (Å²) < 4.78 is 5.98. The zero-order chi connectivity index (χ0) is 20.5. The van der Waals surface area contributed by atoms with E-state index in [-0.39, 0.29) is 17.9 Å². The number of hydrogen-bond donors (Lipinski definition) is 0. The average molecular weight is 403 g/mol. The lowest BCUT2D eigenvalue weighted by atomic mass is 10.0. The standard InChI is InChI=1S/C24H25N3O3/c28-22-9-5-15-26(22)18-12-10-17(11-13-18)16-23(29)27-14-4-3-7-20(27)24-25-19-6-1-2-8-21(19)30-24/h1-2,6,8,10-13,20H,3-5,7,9,14-16H2. The largest absolute Gasteiger partial charge is 0.438 e. The van der Waals surface area contributed by atoms with Crippen molar-refractivity contribution < 1.29 is 14.0 Å². The Morgan fingerprint density at radius 1 is 1.03 bits per heavy atom. The second kappa shape index (κ2) is 7.94. The molecule has 1 atom stereocenters. The van der Waals surface area contributed by atoms with Crippen LogP contribution in [0.15, 0.2) is 52.9 Å². The molecule has 2 aliphatic heterocycles. The minimum Gasteiger partial charge on any atom is -0.438 e. The summed E-state index contributed by atoms with van der Waals surface area (Å²) in [6.07, 6.45) is 4.79. The Morgan fingerprint density at radius 2 is 1.87 bits per heavy atom. The molecule has 2 aromatic carbocycles. The van der Waals surface area contributed by atoms with E-state index in [0.29, 0.717) is 18.7 Å². The van der Waals surface area contributed by atoms with Gasteiger partial charge in [-0.1, -0.05) is 24.3 Å². The molecule has 2 aliphatic rings. The van der Waals surface area contributed by atoms with Gasteiger partial charge in [0.15, 0.2) is 5.58 Å². The molecule has 5 rings (SSSR count). The second-order valence-corrected chi connectivity index (χ2v) is 8.11. The van der Waals surface area contributed by atoms with Gasteiger partial charge in [0.05, 0.1) is 6.42 Å². The van der Waals surface area contributed by atoms with Gasteiger partial charge < -0.3 is 14.2 Å². The van der Waals surface area contributed by atoms with Crippen LogP contribution in [0.25, 0.3) is 11.1 Å². The van der Waals surface area contributed by atoms with Gasteiger partial charge in [0.1, 0.15) is 11.6 Å². The maximum atomic E-state index is 13.2. The predicted octanol–water partition coefficient (Wildman–Crippen LogP) is 4.25.